The molecular weight excluding hydrogens is 291 g/mol. The average molecular weight is 313 g/mol. The molecule has 1 aliphatic rings. The molecule has 116 valence electrons. The molecule has 2 N–H and O–H groups in total. The third-order valence-corrected chi connectivity index (χ3v) is 3.75. The van der Waals surface area contributed by atoms with Crippen LogP contribution < -0.4 is 5.73 Å². The maximum absolute atomic E-state index is 12.9. The van der Waals surface area contributed by atoms with E-state index < -0.39 is 0 Å². The van der Waals surface area contributed by atoms with E-state index in [-0.39, 0.29) is 30.2 Å². The molecule has 1 aromatic rings. The van der Waals surface area contributed by atoms with Crippen LogP contribution in [0.1, 0.15) is 31.7 Å². The molecule has 0 spiro atoms. The molecule has 1 amide bonds. The number of amides is 1. The van der Waals surface area contributed by atoms with Crippen molar-refractivity contribution in [2.45, 2.75) is 32.2 Å². The third-order valence-electron chi connectivity index (χ3n) is 3.75. The second-order valence-corrected chi connectivity index (χ2v) is 5.26. The Kier molecular flexibility index (Phi) is 6.85. The molecule has 5 heteroatoms. The molecular formula is C16H22ClFN2O. The fourth-order valence-electron chi connectivity index (χ4n) is 2.61. The monoisotopic (exact) mass is 312 g/mol. The maximum atomic E-state index is 12.9. The minimum Gasteiger partial charge on any atom is -0.335 e. The van der Waals surface area contributed by atoms with Crippen LogP contribution in [-0.2, 0) is 4.79 Å². The molecule has 3 nitrogen and oxygen atoms in total. The SMILES string of the molecule is C/C(=C/c1ccc(F)cc1)C(=O)N1CCCCC1CN.Cl. The zero-order valence-electron chi connectivity index (χ0n) is 12.2. The van der Waals surface area contributed by atoms with Crippen molar-refractivity contribution in [1.82, 2.24) is 4.90 Å². The number of halogens is 2. The van der Waals surface area contributed by atoms with E-state index in [2.05, 4.69) is 0 Å². The van der Waals surface area contributed by atoms with E-state index in [4.69, 9.17) is 5.73 Å². The number of carbonyl (C=O) groups is 1. The first-order valence-electron chi connectivity index (χ1n) is 7.06. The number of hydrogen-bond acceptors (Lipinski definition) is 2. The first kappa shape index (κ1) is 17.7. The van der Waals surface area contributed by atoms with Gasteiger partial charge in [0, 0.05) is 24.7 Å². The Bertz CT molecular complexity index is 502. The second-order valence-electron chi connectivity index (χ2n) is 5.26. The highest BCUT2D eigenvalue weighted by molar-refractivity contribution is 5.97. The molecule has 0 saturated carbocycles. The van der Waals surface area contributed by atoms with Crippen LogP contribution >= 0.6 is 12.4 Å². The Labute approximate surface area is 131 Å². The van der Waals surface area contributed by atoms with Crippen LogP contribution in [0.3, 0.4) is 0 Å². The van der Waals surface area contributed by atoms with Crippen molar-refractivity contribution in [3.8, 4) is 0 Å². The van der Waals surface area contributed by atoms with Crippen LogP contribution in [0.4, 0.5) is 4.39 Å². The summed E-state index contributed by atoms with van der Waals surface area (Å²) in [7, 11) is 0. The molecule has 1 aliphatic heterocycles. The number of carbonyl (C=O) groups excluding carboxylic acids is 1. The lowest BCUT2D eigenvalue weighted by atomic mass is 10.0. The van der Waals surface area contributed by atoms with Gasteiger partial charge < -0.3 is 10.6 Å². The Morgan fingerprint density at radius 2 is 2.05 bits per heavy atom. The van der Waals surface area contributed by atoms with Gasteiger partial charge in [0.25, 0.3) is 0 Å². The molecule has 1 atom stereocenters. The van der Waals surface area contributed by atoms with E-state index in [0.717, 1.165) is 31.4 Å². The molecule has 0 radical (unpaired) electrons. The van der Waals surface area contributed by atoms with Crippen molar-refractivity contribution in [3.63, 3.8) is 0 Å². The van der Waals surface area contributed by atoms with E-state index in [0.29, 0.717) is 12.1 Å². The van der Waals surface area contributed by atoms with Crippen LogP contribution in [0.15, 0.2) is 29.8 Å². The summed E-state index contributed by atoms with van der Waals surface area (Å²) in [5.74, 6) is -0.241. The quantitative estimate of drug-likeness (QED) is 0.872. The maximum Gasteiger partial charge on any atom is 0.249 e. The lowest BCUT2D eigenvalue weighted by molar-refractivity contribution is -0.130. The summed E-state index contributed by atoms with van der Waals surface area (Å²) >= 11 is 0. The van der Waals surface area contributed by atoms with Gasteiger partial charge in [0.2, 0.25) is 5.91 Å². The minimum absolute atomic E-state index is 0. The van der Waals surface area contributed by atoms with Crippen molar-refractivity contribution in [1.29, 1.82) is 0 Å². The molecule has 0 aromatic heterocycles. The van der Waals surface area contributed by atoms with E-state index in [9.17, 15) is 9.18 Å². The molecule has 21 heavy (non-hydrogen) atoms. The first-order valence-corrected chi connectivity index (χ1v) is 7.06. The van der Waals surface area contributed by atoms with Gasteiger partial charge in [-0.2, -0.15) is 0 Å². The highest BCUT2D eigenvalue weighted by Crippen LogP contribution is 2.19. The van der Waals surface area contributed by atoms with Gasteiger partial charge in [-0.1, -0.05) is 12.1 Å². The van der Waals surface area contributed by atoms with Gasteiger partial charge in [-0.15, -0.1) is 12.4 Å². The average Bonchev–Trinajstić information content (AvgIpc) is 2.48. The summed E-state index contributed by atoms with van der Waals surface area (Å²) in [4.78, 5) is 14.3. The number of piperidine rings is 1. The summed E-state index contributed by atoms with van der Waals surface area (Å²) in [5.41, 5.74) is 7.24. The Hall–Kier alpha value is -1.39. The first-order chi connectivity index (χ1) is 9.61. The smallest absolute Gasteiger partial charge is 0.249 e. The van der Waals surface area contributed by atoms with Crippen molar-refractivity contribution in [3.05, 3.63) is 41.2 Å². The van der Waals surface area contributed by atoms with E-state index in [1.807, 2.05) is 4.90 Å². The third kappa shape index (κ3) is 4.55. The van der Waals surface area contributed by atoms with Crippen LogP contribution in [0.25, 0.3) is 6.08 Å². The standard InChI is InChI=1S/C16H21FN2O.ClH/c1-12(10-13-5-7-14(17)8-6-13)16(20)19-9-3-2-4-15(19)11-18;/h5-8,10,15H,2-4,9,11,18H2,1H3;1H/b12-10-;. The van der Waals surface area contributed by atoms with Gasteiger partial charge in [-0.25, -0.2) is 4.39 Å². The zero-order valence-corrected chi connectivity index (χ0v) is 13.0. The number of hydrogen-bond donors (Lipinski definition) is 1. The predicted molar refractivity (Wildman–Crippen MR) is 85.7 cm³/mol. The number of nitrogens with zero attached hydrogens (tertiary/aromatic N) is 1. The summed E-state index contributed by atoms with van der Waals surface area (Å²) in [6, 6.07) is 6.28. The molecule has 1 saturated heterocycles. The Morgan fingerprint density at radius 3 is 2.67 bits per heavy atom. The van der Waals surface area contributed by atoms with Crippen molar-refractivity contribution >= 4 is 24.4 Å². The fourth-order valence-corrected chi connectivity index (χ4v) is 2.61. The van der Waals surface area contributed by atoms with Crippen LogP contribution in [0, 0.1) is 5.82 Å². The lowest BCUT2D eigenvalue weighted by Crippen LogP contribution is -2.47. The molecule has 1 heterocycles. The molecule has 1 fully saturated rings. The van der Waals surface area contributed by atoms with Gasteiger partial charge in [0.05, 0.1) is 0 Å². The van der Waals surface area contributed by atoms with Gasteiger partial charge in [-0.05, 0) is 50.0 Å². The largest absolute Gasteiger partial charge is 0.335 e. The number of likely N-dealkylation sites (tertiary alicyclic amines) is 1. The second kappa shape index (κ2) is 8.15. The van der Waals surface area contributed by atoms with Crippen molar-refractivity contribution in [2.24, 2.45) is 5.73 Å². The Balaban J connectivity index is 0.00000220. The molecule has 0 bridgehead atoms. The number of rotatable bonds is 3. The van der Waals surface area contributed by atoms with Gasteiger partial charge in [0.15, 0.2) is 0 Å². The molecule has 1 unspecified atom stereocenters. The summed E-state index contributed by atoms with van der Waals surface area (Å²) in [5, 5.41) is 0. The van der Waals surface area contributed by atoms with E-state index in [1.54, 1.807) is 25.1 Å². The fraction of sp³-hybridized carbons (Fsp3) is 0.438. The molecule has 2 rings (SSSR count). The predicted octanol–water partition coefficient (Wildman–Crippen LogP) is 2.99. The highest BCUT2D eigenvalue weighted by atomic mass is 35.5. The van der Waals surface area contributed by atoms with Crippen LogP contribution in [-0.4, -0.2) is 29.9 Å². The van der Waals surface area contributed by atoms with Gasteiger partial charge >= 0.3 is 0 Å². The van der Waals surface area contributed by atoms with Crippen LogP contribution in [0.2, 0.25) is 0 Å². The van der Waals surface area contributed by atoms with E-state index in [1.165, 1.54) is 12.1 Å². The number of nitrogens with two attached hydrogens (primary N) is 1. The van der Waals surface area contributed by atoms with Crippen molar-refractivity contribution < 1.29 is 9.18 Å². The van der Waals surface area contributed by atoms with E-state index >= 15 is 0 Å². The summed E-state index contributed by atoms with van der Waals surface area (Å²) in [6.07, 6.45) is 4.94. The van der Waals surface area contributed by atoms with Gasteiger partial charge in [-0.3, -0.25) is 4.79 Å². The minimum atomic E-state index is -0.273. The molecule has 0 aliphatic carbocycles. The lowest BCUT2D eigenvalue weighted by Gasteiger charge is -2.35. The summed E-state index contributed by atoms with van der Waals surface area (Å²) in [6.45, 7) is 3.08. The zero-order chi connectivity index (χ0) is 14.5. The topological polar surface area (TPSA) is 46.3 Å². The van der Waals surface area contributed by atoms with Crippen molar-refractivity contribution in [2.75, 3.05) is 13.1 Å². The highest BCUT2D eigenvalue weighted by Gasteiger charge is 2.26. The summed E-state index contributed by atoms with van der Waals surface area (Å²) < 4.78 is 12.9. The van der Waals surface area contributed by atoms with Gasteiger partial charge in [0.1, 0.15) is 5.82 Å². The molecule has 1 aromatic carbocycles. The normalized spacial score (nSPS) is 19.1. The number of benzene rings is 1. The Morgan fingerprint density at radius 1 is 1.38 bits per heavy atom. The van der Waals surface area contributed by atoms with Crippen LogP contribution in [0.5, 0.6) is 0 Å².